The van der Waals surface area contributed by atoms with Crippen LogP contribution < -0.4 is 10.0 Å². The Morgan fingerprint density at radius 2 is 2.00 bits per heavy atom. The van der Waals surface area contributed by atoms with Crippen molar-refractivity contribution in [2.24, 2.45) is 17.8 Å². The van der Waals surface area contributed by atoms with Crippen molar-refractivity contribution in [3.05, 3.63) is 35.5 Å². The van der Waals surface area contributed by atoms with Gasteiger partial charge in [0.25, 0.3) is 0 Å². The number of carbonyl (C=O) groups excluding carboxylic acids is 1. The van der Waals surface area contributed by atoms with Gasteiger partial charge in [-0.3, -0.25) is 4.90 Å². The second kappa shape index (κ2) is 8.88. The number of likely N-dealkylation sites (tertiary alicyclic amines) is 1. The highest BCUT2D eigenvalue weighted by Crippen LogP contribution is 2.47. The van der Waals surface area contributed by atoms with Crippen molar-refractivity contribution in [2.75, 3.05) is 24.2 Å². The predicted octanol–water partition coefficient (Wildman–Crippen LogP) is 2.95. The number of carbonyl (C=O) groups is 1. The summed E-state index contributed by atoms with van der Waals surface area (Å²) in [6.45, 7) is 1.97. The molecule has 2 aliphatic heterocycles. The molecule has 0 bridgehead atoms. The number of piperidine rings is 1. The van der Waals surface area contributed by atoms with Crippen molar-refractivity contribution >= 4 is 61.4 Å². The van der Waals surface area contributed by atoms with Gasteiger partial charge < -0.3 is 5.32 Å². The highest BCUT2D eigenvalue weighted by Gasteiger charge is 2.44. The standard InChI is InChI=1S/C21H28I2N4O3S/c22-12-26-8-6-13-7-9-27(11-19(13)26)31(29,30)25-21(28)24-20-15-3-1-2-14(15)10-17-16(20)4-5-18(17)23/h1-3,10,13,15-16,18-20H,4-9,11-12H2,(H2,24,25,28). The minimum absolute atomic E-state index is 0.102. The van der Waals surface area contributed by atoms with Gasteiger partial charge in [-0.2, -0.15) is 12.7 Å². The summed E-state index contributed by atoms with van der Waals surface area (Å²) in [5.41, 5.74) is 2.59. The van der Waals surface area contributed by atoms with Crippen molar-refractivity contribution in [3.63, 3.8) is 0 Å². The van der Waals surface area contributed by atoms with Crippen molar-refractivity contribution in [1.29, 1.82) is 0 Å². The Kier molecular flexibility index (Phi) is 6.47. The third kappa shape index (κ3) is 4.24. The van der Waals surface area contributed by atoms with E-state index in [0.717, 1.165) is 36.8 Å². The molecule has 1 saturated carbocycles. The lowest BCUT2D eigenvalue weighted by molar-refractivity contribution is 0.171. The largest absolute Gasteiger partial charge is 0.333 e. The number of fused-ring (bicyclic) bond motifs is 3. The average molecular weight is 670 g/mol. The molecule has 10 heteroatoms. The van der Waals surface area contributed by atoms with E-state index in [1.165, 1.54) is 15.5 Å². The fourth-order valence-corrected chi connectivity index (χ4v) is 8.98. The van der Waals surface area contributed by atoms with Gasteiger partial charge in [0.05, 0.1) is 4.55 Å². The van der Waals surface area contributed by atoms with Crippen LogP contribution in [0.4, 0.5) is 4.79 Å². The smallest absolute Gasteiger partial charge is 0.329 e. The molecule has 2 saturated heterocycles. The highest BCUT2D eigenvalue weighted by atomic mass is 127. The zero-order valence-electron chi connectivity index (χ0n) is 17.2. The van der Waals surface area contributed by atoms with Gasteiger partial charge in [0.15, 0.2) is 0 Å². The van der Waals surface area contributed by atoms with Crippen LogP contribution in [0.2, 0.25) is 0 Å². The summed E-state index contributed by atoms with van der Waals surface area (Å²) in [7, 11) is -3.87. The van der Waals surface area contributed by atoms with Crippen LogP contribution in [0.15, 0.2) is 35.5 Å². The molecule has 170 valence electrons. The zero-order valence-corrected chi connectivity index (χ0v) is 22.3. The molecule has 0 aromatic carbocycles. The number of rotatable bonds is 4. The van der Waals surface area contributed by atoms with Gasteiger partial charge in [-0.1, -0.05) is 75.1 Å². The predicted molar refractivity (Wildman–Crippen MR) is 137 cm³/mol. The topological polar surface area (TPSA) is 81.8 Å². The van der Waals surface area contributed by atoms with E-state index in [4.69, 9.17) is 0 Å². The van der Waals surface area contributed by atoms with Crippen LogP contribution in [0.3, 0.4) is 0 Å². The number of amides is 2. The Balaban J connectivity index is 1.26. The Morgan fingerprint density at radius 1 is 1.19 bits per heavy atom. The fraction of sp³-hybridized carbons (Fsp3) is 0.667. The Morgan fingerprint density at radius 3 is 2.81 bits per heavy atom. The Hall–Kier alpha value is -0.180. The summed E-state index contributed by atoms with van der Waals surface area (Å²) in [6.07, 6.45) is 12.7. The summed E-state index contributed by atoms with van der Waals surface area (Å²) in [5, 5.41) is 3.04. The van der Waals surface area contributed by atoms with Gasteiger partial charge in [-0.05, 0) is 43.7 Å². The number of halogens is 2. The number of urea groups is 1. The van der Waals surface area contributed by atoms with Crippen LogP contribution in [0.25, 0.3) is 0 Å². The number of hydrogen-bond acceptors (Lipinski definition) is 4. The molecule has 31 heavy (non-hydrogen) atoms. The summed E-state index contributed by atoms with van der Waals surface area (Å²) in [6, 6.07) is -0.455. The van der Waals surface area contributed by atoms with E-state index in [0.29, 0.717) is 22.9 Å². The number of nitrogens with zero attached hydrogens (tertiary/aromatic N) is 2. The van der Waals surface area contributed by atoms with Crippen LogP contribution in [0, 0.1) is 17.8 Å². The molecule has 3 aliphatic carbocycles. The maximum Gasteiger partial charge on any atom is 0.329 e. The quantitative estimate of drug-likeness (QED) is 0.274. The third-order valence-electron chi connectivity index (χ3n) is 7.62. The van der Waals surface area contributed by atoms with E-state index >= 15 is 0 Å². The van der Waals surface area contributed by atoms with E-state index < -0.39 is 16.2 Å². The molecule has 2 amide bonds. The maximum atomic E-state index is 13.0. The molecule has 7 nitrogen and oxygen atoms in total. The van der Waals surface area contributed by atoms with Gasteiger partial charge in [-0.15, -0.1) is 0 Å². The normalized spacial score (nSPS) is 37.6. The summed E-state index contributed by atoms with van der Waals surface area (Å²) in [4.78, 5) is 15.2. The first kappa shape index (κ1) is 22.6. The lowest BCUT2D eigenvalue weighted by Crippen LogP contribution is -2.57. The molecular formula is C21H28I2N4O3S. The molecule has 0 aromatic heterocycles. The highest BCUT2D eigenvalue weighted by molar-refractivity contribution is 14.1. The van der Waals surface area contributed by atoms with Crippen LogP contribution in [0.1, 0.15) is 25.7 Å². The number of nitrogens with one attached hydrogen (secondary N) is 2. The first-order valence-electron chi connectivity index (χ1n) is 11.0. The fourth-order valence-electron chi connectivity index (χ4n) is 6.02. The van der Waals surface area contributed by atoms with Gasteiger partial charge in [0.1, 0.15) is 0 Å². The van der Waals surface area contributed by atoms with Crippen molar-refractivity contribution in [1.82, 2.24) is 19.2 Å². The molecule has 0 radical (unpaired) electrons. The minimum atomic E-state index is -3.87. The average Bonchev–Trinajstić information content (AvgIpc) is 3.45. The summed E-state index contributed by atoms with van der Waals surface area (Å²) >= 11 is 4.83. The van der Waals surface area contributed by atoms with E-state index in [1.807, 2.05) is 6.08 Å². The van der Waals surface area contributed by atoms with Crippen molar-refractivity contribution in [3.8, 4) is 0 Å². The third-order valence-corrected chi connectivity index (χ3v) is 11.3. The SMILES string of the molecule is O=C(NC1C2C=CC=C2C=C2C(I)CCC21)NS(=O)(=O)N1CCC2CCN(CI)C2C1. The Labute approximate surface area is 211 Å². The lowest BCUT2D eigenvalue weighted by atomic mass is 9.76. The molecule has 5 rings (SSSR count). The van der Waals surface area contributed by atoms with E-state index in [9.17, 15) is 13.2 Å². The second-order valence-corrected chi connectivity index (χ2v) is 13.0. The zero-order chi connectivity index (χ0) is 21.8. The van der Waals surface area contributed by atoms with Gasteiger partial charge >= 0.3 is 16.2 Å². The maximum absolute atomic E-state index is 13.0. The molecule has 0 aromatic rings. The van der Waals surface area contributed by atoms with Gasteiger partial charge in [0.2, 0.25) is 0 Å². The van der Waals surface area contributed by atoms with Gasteiger partial charge in [-0.25, -0.2) is 9.52 Å². The van der Waals surface area contributed by atoms with Crippen molar-refractivity contribution in [2.45, 2.75) is 41.7 Å². The monoisotopic (exact) mass is 670 g/mol. The number of hydrogen-bond donors (Lipinski definition) is 2. The number of allylic oxidation sites excluding steroid dienone is 3. The van der Waals surface area contributed by atoms with Crippen LogP contribution in [-0.4, -0.2) is 63.8 Å². The first-order chi connectivity index (χ1) is 14.9. The van der Waals surface area contributed by atoms with Crippen LogP contribution in [0.5, 0.6) is 0 Å². The van der Waals surface area contributed by atoms with E-state index in [-0.39, 0.29) is 23.9 Å². The van der Waals surface area contributed by atoms with E-state index in [2.05, 4.69) is 78.3 Å². The van der Waals surface area contributed by atoms with E-state index in [1.54, 1.807) is 0 Å². The molecule has 6 atom stereocenters. The summed E-state index contributed by atoms with van der Waals surface area (Å²) < 4.78 is 31.2. The Bertz CT molecular complexity index is 944. The van der Waals surface area contributed by atoms with Crippen LogP contribution >= 0.6 is 45.2 Å². The molecular weight excluding hydrogens is 642 g/mol. The van der Waals surface area contributed by atoms with Gasteiger partial charge in [0, 0.05) is 40.9 Å². The van der Waals surface area contributed by atoms with Crippen LogP contribution in [-0.2, 0) is 10.2 Å². The first-order valence-corrected chi connectivity index (χ1v) is 15.2. The molecule has 3 fully saturated rings. The minimum Gasteiger partial charge on any atom is -0.333 e. The second-order valence-electron chi connectivity index (χ2n) is 9.17. The molecule has 2 N–H and O–H groups in total. The van der Waals surface area contributed by atoms with Crippen molar-refractivity contribution < 1.29 is 13.2 Å². The molecule has 0 spiro atoms. The molecule has 2 heterocycles. The lowest BCUT2D eigenvalue weighted by Gasteiger charge is -2.38. The molecule has 6 unspecified atom stereocenters. The number of alkyl halides is 2. The summed E-state index contributed by atoms with van der Waals surface area (Å²) in [5.74, 6) is 0.951. The molecule has 5 aliphatic rings.